The summed E-state index contributed by atoms with van der Waals surface area (Å²) in [6, 6.07) is 11.5. The van der Waals surface area contributed by atoms with Gasteiger partial charge < -0.3 is 10.1 Å². The molecule has 122 valence electrons. The fraction of sp³-hybridized carbons (Fsp3) is 0.111. The number of halogens is 1. The van der Waals surface area contributed by atoms with E-state index in [1.54, 1.807) is 25.3 Å². The van der Waals surface area contributed by atoms with Gasteiger partial charge in [-0.05, 0) is 72.3 Å². The number of hydrogen-bond acceptors (Lipinski definition) is 4. The van der Waals surface area contributed by atoms with Crippen molar-refractivity contribution in [2.45, 2.75) is 6.92 Å². The Morgan fingerprint density at radius 3 is 2.62 bits per heavy atom. The number of amides is 1. The van der Waals surface area contributed by atoms with Crippen molar-refractivity contribution >= 4 is 34.6 Å². The first kappa shape index (κ1) is 16.3. The predicted octanol–water partition coefficient (Wildman–Crippen LogP) is 4.03. The van der Waals surface area contributed by atoms with E-state index in [9.17, 15) is 9.18 Å². The van der Waals surface area contributed by atoms with Crippen molar-refractivity contribution in [1.82, 2.24) is 5.32 Å². The van der Waals surface area contributed by atoms with E-state index in [0.29, 0.717) is 15.8 Å². The first-order chi connectivity index (χ1) is 11.5. The molecule has 0 unspecified atom stereocenters. The van der Waals surface area contributed by atoms with Crippen molar-refractivity contribution < 1.29 is 13.9 Å². The van der Waals surface area contributed by atoms with Crippen LogP contribution in [0.4, 0.5) is 10.1 Å². The molecule has 0 saturated carbocycles. The monoisotopic (exact) mass is 342 g/mol. The summed E-state index contributed by atoms with van der Waals surface area (Å²) in [6.45, 7) is 1.95. The van der Waals surface area contributed by atoms with Gasteiger partial charge in [0.05, 0.1) is 17.7 Å². The molecular formula is C18H15FN2O2S. The van der Waals surface area contributed by atoms with Crippen LogP contribution in [0.25, 0.3) is 6.08 Å². The smallest absolute Gasteiger partial charge is 0.264 e. The number of nitrogens with one attached hydrogen (secondary N) is 1. The first-order valence-corrected chi connectivity index (χ1v) is 8.06. The van der Waals surface area contributed by atoms with Crippen LogP contribution in [-0.2, 0) is 4.79 Å². The number of carbonyl (C=O) groups excluding carboxylic acids is 1. The summed E-state index contributed by atoms with van der Waals surface area (Å²) in [5.74, 6) is 0.283. The molecule has 0 spiro atoms. The quantitative estimate of drug-likeness (QED) is 0.857. The molecule has 24 heavy (non-hydrogen) atoms. The van der Waals surface area contributed by atoms with Crippen LogP contribution >= 0.6 is 11.8 Å². The largest absolute Gasteiger partial charge is 0.496 e. The van der Waals surface area contributed by atoms with Gasteiger partial charge in [0.2, 0.25) is 0 Å². The fourth-order valence-corrected chi connectivity index (χ4v) is 3.10. The Morgan fingerprint density at radius 2 is 1.96 bits per heavy atom. The van der Waals surface area contributed by atoms with E-state index in [2.05, 4.69) is 10.3 Å². The summed E-state index contributed by atoms with van der Waals surface area (Å²) in [6.07, 6.45) is 1.81. The molecule has 1 aliphatic heterocycles. The zero-order valence-corrected chi connectivity index (χ0v) is 14.0. The number of benzene rings is 2. The molecule has 6 heteroatoms. The molecule has 2 aromatic carbocycles. The van der Waals surface area contributed by atoms with Gasteiger partial charge in [0.15, 0.2) is 5.17 Å². The van der Waals surface area contributed by atoms with E-state index in [1.807, 2.05) is 25.1 Å². The second kappa shape index (κ2) is 6.88. The maximum atomic E-state index is 12.9. The zero-order chi connectivity index (χ0) is 17.1. The third kappa shape index (κ3) is 3.65. The summed E-state index contributed by atoms with van der Waals surface area (Å²) in [7, 11) is 1.62. The maximum absolute atomic E-state index is 12.9. The molecular weight excluding hydrogens is 327 g/mol. The van der Waals surface area contributed by atoms with E-state index in [0.717, 1.165) is 16.9 Å². The average Bonchev–Trinajstić information content (AvgIpc) is 2.89. The number of aliphatic imine (C=N–C) groups is 1. The van der Waals surface area contributed by atoms with E-state index in [1.165, 1.54) is 23.9 Å². The normalized spacial score (nSPS) is 17.4. The molecule has 1 aliphatic rings. The Labute approximate surface area is 143 Å². The summed E-state index contributed by atoms with van der Waals surface area (Å²) < 4.78 is 18.1. The lowest BCUT2D eigenvalue weighted by molar-refractivity contribution is -0.115. The molecule has 0 aromatic heterocycles. The van der Waals surface area contributed by atoms with Crippen LogP contribution in [0.15, 0.2) is 52.4 Å². The first-order valence-electron chi connectivity index (χ1n) is 7.25. The van der Waals surface area contributed by atoms with Gasteiger partial charge in [-0.1, -0.05) is 6.07 Å². The number of nitrogens with zero attached hydrogens (tertiary/aromatic N) is 1. The lowest BCUT2D eigenvalue weighted by atomic mass is 10.1. The highest BCUT2D eigenvalue weighted by Gasteiger charge is 2.23. The number of amidine groups is 1. The Bertz CT molecular complexity index is 845. The zero-order valence-electron chi connectivity index (χ0n) is 13.2. The standard InChI is InChI=1S/C18H15FN2O2S/c1-11-9-12(3-8-15(11)23-2)10-16-17(22)21-18(24-16)20-14-6-4-13(19)5-7-14/h3-10H,1-2H3,(H,20,21,22). The van der Waals surface area contributed by atoms with Gasteiger partial charge in [-0.25, -0.2) is 9.38 Å². The van der Waals surface area contributed by atoms with Gasteiger partial charge in [0, 0.05) is 0 Å². The van der Waals surface area contributed by atoms with Crippen LogP contribution in [0.5, 0.6) is 5.75 Å². The molecule has 1 heterocycles. The highest BCUT2D eigenvalue weighted by molar-refractivity contribution is 8.18. The predicted molar refractivity (Wildman–Crippen MR) is 94.9 cm³/mol. The molecule has 2 aromatic rings. The van der Waals surface area contributed by atoms with Crippen LogP contribution in [0.2, 0.25) is 0 Å². The van der Waals surface area contributed by atoms with Crippen molar-refractivity contribution in [2.24, 2.45) is 4.99 Å². The molecule has 1 amide bonds. The Kier molecular flexibility index (Phi) is 4.66. The number of carbonyl (C=O) groups is 1. The maximum Gasteiger partial charge on any atom is 0.264 e. The van der Waals surface area contributed by atoms with Crippen LogP contribution in [0.3, 0.4) is 0 Å². The lowest BCUT2D eigenvalue weighted by Crippen LogP contribution is -2.19. The van der Waals surface area contributed by atoms with Crippen LogP contribution in [0, 0.1) is 12.7 Å². The summed E-state index contributed by atoms with van der Waals surface area (Å²) in [5, 5.41) is 3.19. The molecule has 0 bridgehead atoms. The number of aryl methyl sites for hydroxylation is 1. The van der Waals surface area contributed by atoms with Crippen molar-refractivity contribution in [3.8, 4) is 5.75 Å². The van der Waals surface area contributed by atoms with Gasteiger partial charge in [0.1, 0.15) is 11.6 Å². The fourth-order valence-electron chi connectivity index (χ4n) is 2.26. The second-order valence-corrected chi connectivity index (χ2v) is 6.22. The minimum Gasteiger partial charge on any atom is -0.496 e. The minimum absolute atomic E-state index is 0.200. The number of rotatable bonds is 3. The molecule has 3 rings (SSSR count). The van der Waals surface area contributed by atoms with Crippen LogP contribution in [0.1, 0.15) is 11.1 Å². The van der Waals surface area contributed by atoms with Crippen molar-refractivity contribution in [2.75, 3.05) is 7.11 Å². The van der Waals surface area contributed by atoms with E-state index < -0.39 is 0 Å². The third-order valence-corrected chi connectivity index (χ3v) is 4.33. The minimum atomic E-state index is -0.322. The number of thioether (sulfide) groups is 1. The number of methoxy groups -OCH3 is 1. The van der Waals surface area contributed by atoms with Gasteiger partial charge in [-0.3, -0.25) is 4.79 Å². The van der Waals surface area contributed by atoms with Crippen LogP contribution in [-0.4, -0.2) is 18.2 Å². The van der Waals surface area contributed by atoms with Gasteiger partial charge in [0.25, 0.3) is 5.91 Å². The molecule has 0 aliphatic carbocycles. The van der Waals surface area contributed by atoms with Crippen LogP contribution < -0.4 is 10.1 Å². The molecule has 1 N–H and O–H groups in total. The van der Waals surface area contributed by atoms with Crippen molar-refractivity contribution in [3.05, 3.63) is 64.3 Å². The van der Waals surface area contributed by atoms with E-state index in [4.69, 9.17) is 4.74 Å². The molecule has 0 radical (unpaired) electrons. The summed E-state index contributed by atoms with van der Waals surface area (Å²) in [4.78, 5) is 16.9. The Hall–Kier alpha value is -2.60. The Balaban J connectivity index is 1.81. The molecule has 1 fully saturated rings. The van der Waals surface area contributed by atoms with Crippen molar-refractivity contribution in [1.29, 1.82) is 0 Å². The van der Waals surface area contributed by atoms with Gasteiger partial charge in [-0.15, -0.1) is 0 Å². The average molecular weight is 342 g/mol. The highest BCUT2D eigenvalue weighted by Crippen LogP contribution is 2.29. The highest BCUT2D eigenvalue weighted by atomic mass is 32.2. The van der Waals surface area contributed by atoms with E-state index >= 15 is 0 Å². The summed E-state index contributed by atoms with van der Waals surface area (Å²) in [5.41, 5.74) is 2.49. The molecule has 0 atom stereocenters. The van der Waals surface area contributed by atoms with E-state index in [-0.39, 0.29) is 11.7 Å². The Morgan fingerprint density at radius 1 is 1.21 bits per heavy atom. The van der Waals surface area contributed by atoms with Crippen molar-refractivity contribution in [3.63, 3.8) is 0 Å². The molecule has 4 nitrogen and oxygen atoms in total. The third-order valence-electron chi connectivity index (χ3n) is 3.42. The van der Waals surface area contributed by atoms with Gasteiger partial charge in [-0.2, -0.15) is 0 Å². The number of ether oxygens (including phenoxy) is 1. The lowest BCUT2D eigenvalue weighted by Gasteiger charge is -2.04. The second-order valence-electron chi connectivity index (χ2n) is 5.19. The SMILES string of the molecule is COc1ccc(C=C2SC(=Nc3ccc(F)cc3)NC2=O)cc1C. The number of hydrogen-bond donors (Lipinski definition) is 1. The van der Waals surface area contributed by atoms with Gasteiger partial charge >= 0.3 is 0 Å². The molecule has 1 saturated heterocycles. The summed E-state index contributed by atoms with van der Waals surface area (Å²) >= 11 is 1.25. The topological polar surface area (TPSA) is 50.7 Å².